The van der Waals surface area contributed by atoms with E-state index >= 15 is 0 Å². The molecular weight excluding hydrogens is 319 g/mol. The van der Waals surface area contributed by atoms with E-state index in [-0.39, 0.29) is 6.61 Å². The van der Waals surface area contributed by atoms with Gasteiger partial charge in [0.15, 0.2) is 0 Å². The van der Waals surface area contributed by atoms with Crippen LogP contribution in [-0.4, -0.2) is 76.4 Å². The Hall–Kier alpha value is -1.09. The first-order valence-electron chi connectivity index (χ1n) is 5.62. The van der Waals surface area contributed by atoms with Crippen molar-refractivity contribution in [2.45, 2.75) is 24.4 Å². The summed E-state index contributed by atoms with van der Waals surface area (Å²) in [6, 6.07) is 0. The molecule has 1 radical (unpaired) electrons. The summed E-state index contributed by atoms with van der Waals surface area (Å²) in [5.74, 6) is 0. The molecule has 0 amide bonds. The van der Waals surface area contributed by atoms with E-state index in [0.717, 1.165) is 0 Å². The van der Waals surface area contributed by atoms with Gasteiger partial charge in [0, 0.05) is 0 Å². The van der Waals surface area contributed by atoms with Gasteiger partial charge in [0.2, 0.25) is 0 Å². The van der Waals surface area contributed by atoms with Crippen molar-refractivity contribution in [3.63, 3.8) is 0 Å². The summed E-state index contributed by atoms with van der Waals surface area (Å²) in [5.41, 5.74) is 1.50. The van der Waals surface area contributed by atoms with Gasteiger partial charge in [0.05, 0.1) is 0 Å². The molecule has 0 saturated carbocycles. The van der Waals surface area contributed by atoms with E-state index < -0.39 is 24.4 Å². The molecule has 0 aromatic carbocycles. The van der Waals surface area contributed by atoms with Crippen LogP contribution >= 0.6 is 0 Å². The van der Waals surface area contributed by atoms with Crippen LogP contribution in [0.15, 0.2) is 6.33 Å². The standard InChI is InChI=1S/C10H11N4O4Se/c15-1-3-7(16)8(17)9(18-3)5-4-6(14-13-5)10(19)12-2-11-4/h2-3,7-9,15-17H,1H2,(H,13,14)/t3-,7-,8-,9+/m1/s1. The Kier molecular flexibility index (Phi) is 3.25. The molecule has 4 N–H and O–H groups in total. The summed E-state index contributed by atoms with van der Waals surface area (Å²) in [7, 11) is 0. The first kappa shape index (κ1) is 12.9. The maximum atomic E-state index is 9.97. The molecule has 3 rings (SSSR count). The molecule has 1 aliphatic rings. The van der Waals surface area contributed by atoms with Crippen molar-refractivity contribution >= 4 is 31.6 Å². The molecule has 0 spiro atoms. The van der Waals surface area contributed by atoms with Gasteiger partial charge in [-0.05, 0) is 0 Å². The molecule has 2 aromatic rings. The number of rotatable bonds is 2. The predicted octanol–water partition coefficient (Wildman–Crippen LogP) is -2.70. The molecule has 9 heteroatoms. The quantitative estimate of drug-likeness (QED) is 0.442. The second kappa shape index (κ2) is 4.78. The van der Waals surface area contributed by atoms with E-state index in [2.05, 4.69) is 36.2 Å². The number of aromatic nitrogens is 4. The number of aliphatic hydroxyl groups is 3. The van der Waals surface area contributed by atoms with Crippen LogP contribution in [0.5, 0.6) is 0 Å². The first-order chi connectivity index (χ1) is 9.13. The van der Waals surface area contributed by atoms with Gasteiger partial charge >= 0.3 is 115 Å². The zero-order chi connectivity index (χ0) is 13.6. The van der Waals surface area contributed by atoms with Gasteiger partial charge in [-0.3, -0.25) is 0 Å². The number of aliphatic hydroxyl groups excluding tert-OH is 3. The third-order valence-corrected chi connectivity index (χ3v) is 3.79. The monoisotopic (exact) mass is 331 g/mol. The average molecular weight is 330 g/mol. The number of ether oxygens (including phenoxy) is 1. The predicted molar refractivity (Wildman–Crippen MR) is 63.8 cm³/mol. The Morgan fingerprint density at radius 1 is 1.26 bits per heavy atom. The maximum absolute atomic E-state index is 9.97. The topological polar surface area (TPSA) is 124 Å². The van der Waals surface area contributed by atoms with E-state index in [1.807, 2.05) is 0 Å². The summed E-state index contributed by atoms with van der Waals surface area (Å²) < 4.78 is 6.02. The molecule has 3 heterocycles. The van der Waals surface area contributed by atoms with Gasteiger partial charge in [-0.25, -0.2) is 0 Å². The second-order valence-corrected chi connectivity index (χ2v) is 5.08. The fourth-order valence-corrected chi connectivity index (χ4v) is 2.56. The summed E-state index contributed by atoms with van der Waals surface area (Å²) in [5, 5.41) is 35.6. The zero-order valence-corrected chi connectivity index (χ0v) is 11.3. The van der Waals surface area contributed by atoms with Crippen molar-refractivity contribution in [1.82, 2.24) is 20.2 Å². The third kappa shape index (κ3) is 1.95. The molecule has 19 heavy (non-hydrogen) atoms. The van der Waals surface area contributed by atoms with Crippen molar-refractivity contribution in [3.05, 3.63) is 12.0 Å². The average Bonchev–Trinajstić information content (AvgIpc) is 2.94. The van der Waals surface area contributed by atoms with E-state index in [9.17, 15) is 10.2 Å². The Labute approximate surface area is 115 Å². The number of fused-ring (bicyclic) bond motifs is 1. The van der Waals surface area contributed by atoms with Crippen molar-refractivity contribution in [2.75, 3.05) is 6.61 Å². The summed E-state index contributed by atoms with van der Waals surface area (Å²) in [6.07, 6.45) is -2.57. The minimum atomic E-state index is -1.15. The van der Waals surface area contributed by atoms with Crippen molar-refractivity contribution in [1.29, 1.82) is 0 Å². The number of hydrogen-bond acceptors (Lipinski definition) is 7. The van der Waals surface area contributed by atoms with Gasteiger partial charge in [0.25, 0.3) is 0 Å². The van der Waals surface area contributed by atoms with Crippen molar-refractivity contribution in [3.8, 4) is 0 Å². The van der Waals surface area contributed by atoms with E-state index in [4.69, 9.17) is 9.84 Å². The fraction of sp³-hybridized carbons (Fsp3) is 0.500. The van der Waals surface area contributed by atoms with Gasteiger partial charge in [0.1, 0.15) is 0 Å². The first-order valence-corrected chi connectivity index (χ1v) is 6.47. The number of hydrogen-bond donors (Lipinski definition) is 4. The van der Waals surface area contributed by atoms with Gasteiger partial charge < -0.3 is 0 Å². The fourth-order valence-electron chi connectivity index (χ4n) is 2.17. The van der Waals surface area contributed by atoms with Crippen LogP contribution in [0.4, 0.5) is 0 Å². The third-order valence-electron chi connectivity index (χ3n) is 3.16. The SMILES string of the molecule is OC[C@H]1O[C@@H](c2[nH]nc3c([Se])ncnc23)[C@H](O)[C@@H]1O. The number of H-pyrrole nitrogens is 1. The Morgan fingerprint density at radius 2 is 2.05 bits per heavy atom. The number of nitrogens with zero attached hydrogens (tertiary/aromatic N) is 3. The second-order valence-electron chi connectivity index (χ2n) is 4.27. The molecule has 4 atom stereocenters. The van der Waals surface area contributed by atoms with Crippen LogP contribution in [0.3, 0.4) is 0 Å². The van der Waals surface area contributed by atoms with Crippen LogP contribution < -0.4 is 4.59 Å². The van der Waals surface area contributed by atoms with Crippen molar-refractivity contribution < 1.29 is 20.1 Å². The molecule has 1 aliphatic heterocycles. The molecule has 101 valence electrons. The molecule has 2 aromatic heterocycles. The van der Waals surface area contributed by atoms with Crippen LogP contribution in [0, 0.1) is 0 Å². The molecule has 0 unspecified atom stereocenters. The molecule has 1 fully saturated rings. The summed E-state index contributed by atoms with van der Waals surface area (Å²) in [4.78, 5) is 8.07. The molecule has 1 saturated heterocycles. The van der Waals surface area contributed by atoms with Crippen LogP contribution in [0.25, 0.3) is 11.0 Å². The summed E-state index contributed by atoms with van der Waals surface area (Å²) >= 11 is 2.76. The minimum absolute atomic E-state index is 0.372. The van der Waals surface area contributed by atoms with Gasteiger partial charge in [-0.2, -0.15) is 0 Å². The number of aromatic amines is 1. The van der Waals surface area contributed by atoms with E-state index in [0.29, 0.717) is 21.3 Å². The number of nitrogens with one attached hydrogen (secondary N) is 1. The molecular formula is C10H11N4O4Se. The van der Waals surface area contributed by atoms with E-state index in [1.165, 1.54) is 6.33 Å². The molecule has 0 bridgehead atoms. The molecule has 8 nitrogen and oxygen atoms in total. The normalized spacial score (nSPS) is 31.1. The summed E-state index contributed by atoms with van der Waals surface area (Å²) in [6.45, 7) is -0.372. The van der Waals surface area contributed by atoms with E-state index in [1.54, 1.807) is 0 Å². The Balaban J connectivity index is 2.04. The Bertz CT molecular complexity index is 606. The van der Waals surface area contributed by atoms with Crippen LogP contribution in [0.1, 0.15) is 11.8 Å². The van der Waals surface area contributed by atoms with Crippen molar-refractivity contribution in [2.24, 2.45) is 0 Å². The van der Waals surface area contributed by atoms with Crippen LogP contribution in [-0.2, 0) is 4.74 Å². The molecule has 0 aliphatic carbocycles. The Morgan fingerprint density at radius 3 is 2.74 bits per heavy atom. The van der Waals surface area contributed by atoms with Gasteiger partial charge in [-0.15, -0.1) is 0 Å². The van der Waals surface area contributed by atoms with Gasteiger partial charge in [-0.1, -0.05) is 0 Å². The zero-order valence-electron chi connectivity index (χ0n) is 9.59. The van der Waals surface area contributed by atoms with Crippen LogP contribution in [0.2, 0.25) is 0 Å².